The van der Waals surface area contributed by atoms with Gasteiger partial charge in [-0.15, -0.1) is 0 Å². The van der Waals surface area contributed by atoms with Gasteiger partial charge < -0.3 is 10.1 Å². The van der Waals surface area contributed by atoms with Gasteiger partial charge in [-0.2, -0.15) is 0 Å². The van der Waals surface area contributed by atoms with Gasteiger partial charge in [0.1, 0.15) is 5.75 Å². The van der Waals surface area contributed by atoms with E-state index in [1.54, 1.807) is 0 Å². The Hall–Kier alpha value is -1.35. The monoisotopic (exact) mass is 275 g/mol. The number of ether oxygens (including phenoxy) is 1. The normalized spacial score (nSPS) is 16.1. The lowest BCUT2D eigenvalue weighted by atomic mass is 9.95. The summed E-state index contributed by atoms with van der Waals surface area (Å²) in [6.07, 6.45) is 7.32. The Morgan fingerprint density at radius 3 is 2.55 bits per heavy atom. The van der Waals surface area contributed by atoms with Crippen molar-refractivity contribution in [3.63, 3.8) is 0 Å². The number of Topliss-reactive ketones (excluding diaryl/α,β-unsaturated/α-hetero) is 1. The fraction of sp³-hybridized carbons (Fsp3) is 0.588. The van der Waals surface area contributed by atoms with Crippen molar-refractivity contribution in [2.75, 3.05) is 13.2 Å². The number of carbonyl (C=O) groups excluding carboxylic acids is 1. The van der Waals surface area contributed by atoms with Crippen molar-refractivity contribution in [2.24, 2.45) is 0 Å². The zero-order valence-electron chi connectivity index (χ0n) is 12.4. The van der Waals surface area contributed by atoms with Gasteiger partial charge in [0.25, 0.3) is 0 Å². The standard InChI is InChI=1S/C17H25NO2/c1-2-12-20-16-10-8-14(9-11-16)17(19)13-18-15-6-4-3-5-7-15/h8-11,15,18H,2-7,12-13H2,1H3. The number of rotatable bonds is 7. The molecule has 0 aliphatic heterocycles. The maximum absolute atomic E-state index is 12.1. The molecule has 1 fully saturated rings. The Labute approximate surface area is 121 Å². The first kappa shape index (κ1) is 15.0. The van der Waals surface area contributed by atoms with Crippen LogP contribution in [0.5, 0.6) is 5.75 Å². The minimum absolute atomic E-state index is 0.164. The molecule has 0 saturated heterocycles. The maximum atomic E-state index is 12.1. The maximum Gasteiger partial charge on any atom is 0.176 e. The van der Waals surface area contributed by atoms with Crippen molar-refractivity contribution in [3.8, 4) is 5.75 Å². The average molecular weight is 275 g/mol. The lowest BCUT2D eigenvalue weighted by Gasteiger charge is -2.22. The van der Waals surface area contributed by atoms with Crippen molar-refractivity contribution in [2.45, 2.75) is 51.5 Å². The molecule has 2 rings (SSSR count). The quantitative estimate of drug-likeness (QED) is 0.773. The van der Waals surface area contributed by atoms with Gasteiger partial charge in [-0.05, 0) is 43.5 Å². The van der Waals surface area contributed by atoms with Gasteiger partial charge in [0, 0.05) is 11.6 Å². The molecule has 20 heavy (non-hydrogen) atoms. The van der Waals surface area contributed by atoms with E-state index >= 15 is 0 Å². The molecule has 0 bridgehead atoms. The smallest absolute Gasteiger partial charge is 0.176 e. The number of hydrogen-bond donors (Lipinski definition) is 1. The van der Waals surface area contributed by atoms with E-state index in [0.717, 1.165) is 24.3 Å². The van der Waals surface area contributed by atoms with E-state index in [9.17, 15) is 4.79 Å². The van der Waals surface area contributed by atoms with Crippen LogP contribution in [-0.2, 0) is 0 Å². The molecule has 3 heteroatoms. The van der Waals surface area contributed by atoms with E-state index in [0.29, 0.717) is 12.6 Å². The van der Waals surface area contributed by atoms with Gasteiger partial charge in [-0.25, -0.2) is 0 Å². The zero-order chi connectivity index (χ0) is 14.2. The summed E-state index contributed by atoms with van der Waals surface area (Å²) in [6, 6.07) is 8.00. The van der Waals surface area contributed by atoms with Gasteiger partial charge >= 0.3 is 0 Å². The minimum atomic E-state index is 0.164. The molecular weight excluding hydrogens is 250 g/mol. The first-order valence-electron chi connectivity index (χ1n) is 7.79. The Bertz CT molecular complexity index is 408. The first-order chi connectivity index (χ1) is 9.79. The predicted molar refractivity (Wildman–Crippen MR) is 81.4 cm³/mol. The molecule has 1 aliphatic rings. The molecule has 1 aromatic rings. The second kappa shape index (κ2) is 8.05. The van der Waals surface area contributed by atoms with Crippen LogP contribution in [0.3, 0.4) is 0 Å². The zero-order valence-corrected chi connectivity index (χ0v) is 12.4. The molecule has 0 unspecified atom stereocenters. The highest BCUT2D eigenvalue weighted by Gasteiger charge is 2.14. The Morgan fingerprint density at radius 1 is 1.20 bits per heavy atom. The molecule has 1 aliphatic carbocycles. The predicted octanol–water partition coefficient (Wildman–Crippen LogP) is 3.58. The molecule has 1 N–H and O–H groups in total. The number of hydrogen-bond acceptors (Lipinski definition) is 3. The van der Waals surface area contributed by atoms with Gasteiger partial charge in [0.05, 0.1) is 13.2 Å². The summed E-state index contributed by atoms with van der Waals surface area (Å²) in [5.74, 6) is 1.00. The summed E-state index contributed by atoms with van der Waals surface area (Å²) in [6.45, 7) is 3.24. The van der Waals surface area contributed by atoms with Crippen molar-refractivity contribution in [1.82, 2.24) is 5.32 Å². The molecule has 110 valence electrons. The SMILES string of the molecule is CCCOc1ccc(C(=O)CNC2CCCCC2)cc1. The average Bonchev–Trinajstić information content (AvgIpc) is 2.52. The minimum Gasteiger partial charge on any atom is -0.494 e. The summed E-state index contributed by atoms with van der Waals surface area (Å²) in [5, 5.41) is 3.39. The van der Waals surface area contributed by atoms with E-state index in [1.165, 1.54) is 32.1 Å². The van der Waals surface area contributed by atoms with Crippen molar-refractivity contribution < 1.29 is 9.53 Å². The van der Waals surface area contributed by atoms with Gasteiger partial charge in [-0.1, -0.05) is 26.2 Å². The summed E-state index contributed by atoms with van der Waals surface area (Å²) in [4.78, 5) is 12.1. The van der Waals surface area contributed by atoms with E-state index in [4.69, 9.17) is 4.74 Å². The van der Waals surface area contributed by atoms with Crippen LogP contribution in [0.2, 0.25) is 0 Å². The van der Waals surface area contributed by atoms with Crippen LogP contribution in [-0.4, -0.2) is 25.0 Å². The third-order valence-electron chi connectivity index (χ3n) is 3.81. The molecule has 1 saturated carbocycles. The van der Waals surface area contributed by atoms with Crippen molar-refractivity contribution in [3.05, 3.63) is 29.8 Å². The van der Waals surface area contributed by atoms with Crippen LogP contribution in [0, 0.1) is 0 Å². The second-order valence-corrected chi connectivity index (χ2v) is 5.51. The van der Waals surface area contributed by atoms with Gasteiger partial charge in [-0.3, -0.25) is 4.79 Å². The summed E-state index contributed by atoms with van der Waals surface area (Å²) in [7, 11) is 0. The highest BCUT2D eigenvalue weighted by Crippen LogP contribution is 2.17. The third kappa shape index (κ3) is 4.64. The molecule has 0 heterocycles. The number of nitrogens with one attached hydrogen (secondary N) is 1. The molecular formula is C17H25NO2. The fourth-order valence-electron chi connectivity index (χ4n) is 2.60. The molecule has 0 aromatic heterocycles. The molecule has 3 nitrogen and oxygen atoms in total. The Balaban J connectivity index is 1.79. The summed E-state index contributed by atoms with van der Waals surface area (Å²) >= 11 is 0. The summed E-state index contributed by atoms with van der Waals surface area (Å²) < 4.78 is 5.52. The highest BCUT2D eigenvalue weighted by atomic mass is 16.5. The molecule has 0 spiro atoms. The number of ketones is 1. The Morgan fingerprint density at radius 2 is 1.90 bits per heavy atom. The fourth-order valence-corrected chi connectivity index (χ4v) is 2.60. The molecule has 0 atom stereocenters. The van der Waals surface area contributed by atoms with E-state index in [-0.39, 0.29) is 5.78 Å². The highest BCUT2D eigenvalue weighted by molar-refractivity contribution is 5.97. The van der Waals surface area contributed by atoms with Crippen LogP contribution in [0.1, 0.15) is 55.8 Å². The van der Waals surface area contributed by atoms with E-state index in [1.807, 2.05) is 24.3 Å². The third-order valence-corrected chi connectivity index (χ3v) is 3.81. The molecule has 1 aromatic carbocycles. The lowest BCUT2D eigenvalue weighted by Crippen LogP contribution is -2.35. The van der Waals surface area contributed by atoms with Gasteiger partial charge in [0.15, 0.2) is 5.78 Å². The van der Waals surface area contributed by atoms with E-state index in [2.05, 4.69) is 12.2 Å². The molecule has 0 radical (unpaired) electrons. The van der Waals surface area contributed by atoms with Crippen LogP contribution >= 0.6 is 0 Å². The van der Waals surface area contributed by atoms with Gasteiger partial charge in [0.2, 0.25) is 0 Å². The van der Waals surface area contributed by atoms with Crippen molar-refractivity contribution in [1.29, 1.82) is 0 Å². The lowest BCUT2D eigenvalue weighted by molar-refractivity contribution is 0.0984. The number of benzene rings is 1. The molecule has 0 amide bonds. The van der Waals surface area contributed by atoms with E-state index < -0.39 is 0 Å². The van der Waals surface area contributed by atoms with Crippen molar-refractivity contribution >= 4 is 5.78 Å². The van der Waals surface area contributed by atoms with Crippen LogP contribution in [0.25, 0.3) is 0 Å². The van der Waals surface area contributed by atoms with Crippen LogP contribution in [0.4, 0.5) is 0 Å². The topological polar surface area (TPSA) is 38.3 Å². The van der Waals surface area contributed by atoms with Crippen LogP contribution < -0.4 is 10.1 Å². The number of carbonyl (C=O) groups is 1. The largest absolute Gasteiger partial charge is 0.494 e. The Kier molecular flexibility index (Phi) is 6.06. The van der Waals surface area contributed by atoms with Crippen LogP contribution in [0.15, 0.2) is 24.3 Å². The second-order valence-electron chi connectivity index (χ2n) is 5.51. The first-order valence-corrected chi connectivity index (χ1v) is 7.79. The summed E-state index contributed by atoms with van der Waals surface area (Å²) in [5.41, 5.74) is 0.761.